The van der Waals surface area contributed by atoms with E-state index in [-0.39, 0.29) is 42.6 Å². The molecule has 208 valence electrons. The first-order valence-corrected chi connectivity index (χ1v) is 13.6. The summed E-state index contributed by atoms with van der Waals surface area (Å²) in [4.78, 5) is 24.2. The number of nitrogens with two attached hydrogens (primary N) is 1. The molecule has 0 aromatic carbocycles. The summed E-state index contributed by atoms with van der Waals surface area (Å²) in [5.41, 5.74) is 5.87. The van der Waals surface area contributed by atoms with Crippen molar-refractivity contribution in [3.8, 4) is 0 Å². The number of epoxide rings is 1. The zero-order valence-electron chi connectivity index (χ0n) is 22.7. The van der Waals surface area contributed by atoms with E-state index < -0.39 is 17.8 Å². The van der Waals surface area contributed by atoms with Gasteiger partial charge in [-0.15, -0.1) is 0 Å². The van der Waals surface area contributed by atoms with Gasteiger partial charge in [0.2, 0.25) is 11.8 Å². The number of carbonyl (C=O) groups excluding carboxylic acids is 2. The van der Waals surface area contributed by atoms with Crippen LogP contribution < -0.4 is 16.4 Å². The van der Waals surface area contributed by atoms with Crippen molar-refractivity contribution in [3.05, 3.63) is 36.0 Å². The molecular formula is C28H45N3O6. The molecule has 0 unspecified atom stereocenters. The number of hydrogen-bond donors (Lipinski definition) is 4. The Morgan fingerprint density at radius 1 is 1.22 bits per heavy atom. The van der Waals surface area contributed by atoms with Crippen LogP contribution in [0, 0.1) is 5.92 Å². The monoisotopic (exact) mass is 519 g/mol. The Balaban J connectivity index is 1.52. The zero-order chi connectivity index (χ0) is 27.0. The zero-order valence-corrected chi connectivity index (χ0v) is 22.7. The van der Waals surface area contributed by atoms with Crippen molar-refractivity contribution in [2.45, 2.75) is 102 Å². The number of allylic oxidation sites excluding steroid dienone is 3. The van der Waals surface area contributed by atoms with Gasteiger partial charge in [-0.1, -0.05) is 43.7 Å². The second-order valence-corrected chi connectivity index (χ2v) is 10.6. The number of amides is 2. The summed E-state index contributed by atoms with van der Waals surface area (Å²) in [7, 11) is 0. The molecule has 0 aliphatic carbocycles. The fourth-order valence-corrected chi connectivity index (χ4v) is 5.08. The lowest BCUT2D eigenvalue weighted by Gasteiger charge is -2.39. The van der Waals surface area contributed by atoms with Crippen LogP contribution in [0.2, 0.25) is 0 Å². The van der Waals surface area contributed by atoms with E-state index in [9.17, 15) is 14.7 Å². The molecule has 9 heteroatoms. The average Bonchev–Trinajstić information content (AvgIpc) is 3.63. The molecule has 0 bridgehead atoms. The van der Waals surface area contributed by atoms with Gasteiger partial charge in [0.1, 0.15) is 17.8 Å². The smallest absolute Gasteiger partial charge is 0.243 e. The summed E-state index contributed by atoms with van der Waals surface area (Å²) < 4.78 is 17.9. The van der Waals surface area contributed by atoms with E-state index in [0.717, 1.165) is 24.8 Å². The second kappa shape index (κ2) is 13.7. The van der Waals surface area contributed by atoms with Crippen molar-refractivity contribution >= 4 is 11.8 Å². The summed E-state index contributed by atoms with van der Waals surface area (Å²) >= 11 is 0. The predicted molar refractivity (Wildman–Crippen MR) is 142 cm³/mol. The number of nitrogens with one attached hydrogen (secondary N) is 2. The van der Waals surface area contributed by atoms with Gasteiger partial charge in [-0.05, 0) is 45.1 Å². The Bertz CT molecular complexity index is 868. The number of carbonyl (C=O) groups is 2. The quantitative estimate of drug-likeness (QED) is 0.186. The number of hydrogen-bond acceptors (Lipinski definition) is 7. The first-order valence-electron chi connectivity index (χ1n) is 13.6. The summed E-state index contributed by atoms with van der Waals surface area (Å²) in [5.74, 6) is 0.112. The highest BCUT2D eigenvalue weighted by Gasteiger charge is 2.58. The Hall–Kier alpha value is -2.04. The molecule has 3 heterocycles. The molecule has 0 aromatic rings. The molecule has 5 N–H and O–H groups in total. The first-order chi connectivity index (χ1) is 17.7. The second-order valence-electron chi connectivity index (χ2n) is 10.6. The molecule has 3 saturated heterocycles. The van der Waals surface area contributed by atoms with Crippen LogP contribution in [0.15, 0.2) is 36.0 Å². The van der Waals surface area contributed by atoms with Crippen molar-refractivity contribution in [1.29, 1.82) is 0 Å². The maximum atomic E-state index is 12.1. The normalized spacial score (nSPS) is 36.3. The van der Waals surface area contributed by atoms with Crippen molar-refractivity contribution in [2.75, 3.05) is 19.7 Å². The highest BCUT2D eigenvalue weighted by molar-refractivity contribution is 5.87. The first kappa shape index (κ1) is 29.5. The van der Waals surface area contributed by atoms with E-state index in [2.05, 4.69) is 23.6 Å². The molecule has 37 heavy (non-hydrogen) atoms. The highest BCUT2D eigenvalue weighted by atomic mass is 16.6. The molecule has 8 atom stereocenters. The minimum atomic E-state index is -0.776. The van der Waals surface area contributed by atoms with Gasteiger partial charge in [-0.25, -0.2) is 0 Å². The molecule has 0 aromatic heterocycles. The van der Waals surface area contributed by atoms with Crippen LogP contribution in [0.1, 0.15) is 59.8 Å². The summed E-state index contributed by atoms with van der Waals surface area (Å²) in [6.07, 6.45) is 10.9. The summed E-state index contributed by atoms with van der Waals surface area (Å²) in [5, 5.41) is 16.6. The Labute approximate surface area is 220 Å². The molecule has 3 rings (SSSR count). The maximum Gasteiger partial charge on any atom is 0.243 e. The molecule has 0 radical (unpaired) electrons. The van der Waals surface area contributed by atoms with Gasteiger partial charge in [-0.3, -0.25) is 9.59 Å². The van der Waals surface area contributed by atoms with E-state index in [0.29, 0.717) is 32.0 Å². The molecule has 3 aliphatic rings. The molecule has 3 aliphatic heterocycles. The predicted octanol–water partition coefficient (Wildman–Crippen LogP) is 1.90. The lowest BCUT2D eigenvalue weighted by molar-refractivity contribution is -0.145. The average molecular weight is 520 g/mol. The standard InChI is InChI=1S/C28H45N3O6/c1-5-6-7-25(32)31-22-14-19(3)23(36-20(22)4)10-8-18(2)9-11-24-27(34)28(17-35-28)16-21(37-24)15-26(33)30-13-12-29/h6-9,11,19-24,27,34H,5,10,12-17,29H2,1-4H3,(H,30,33)(H,31,32)/b7-6-,11-9+,18-8+/t19-,20+,21+,22+,23-,24+,27+,28+/m0/s1. The minimum Gasteiger partial charge on any atom is -0.387 e. The molecular weight excluding hydrogens is 474 g/mol. The van der Waals surface area contributed by atoms with Gasteiger partial charge in [0.25, 0.3) is 0 Å². The summed E-state index contributed by atoms with van der Waals surface area (Å²) in [6.45, 7) is 9.46. The Kier molecular flexibility index (Phi) is 10.9. The number of rotatable bonds is 11. The molecule has 3 fully saturated rings. The summed E-state index contributed by atoms with van der Waals surface area (Å²) in [6, 6.07) is -0.00235. The van der Waals surface area contributed by atoms with Gasteiger partial charge in [0.05, 0.1) is 37.4 Å². The Morgan fingerprint density at radius 3 is 2.65 bits per heavy atom. The third-order valence-corrected chi connectivity index (χ3v) is 7.44. The largest absolute Gasteiger partial charge is 0.387 e. The van der Waals surface area contributed by atoms with Crippen molar-refractivity contribution in [2.24, 2.45) is 11.7 Å². The molecule has 0 saturated carbocycles. The third kappa shape index (κ3) is 8.48. The maximum absolute atomic E-state index is 12.1. The lowest BCUT2D eigenvalue weighted by atomic mass is 9.87. The van der Waals surface area contributed by atoms with E-state index >= 15 is 0 Å². The van der Waals surface area contributed by atoms with Crippen LogP contribution in [0.4, 0.5) is 0 Å². The lowest BCUT2D eigenvalue weighted by Crippen LogP contribution is -2.51. The van der Waals surface area contributed by atoms with Crippen molar-refractivity contribution < 1.29 is 28.9 Å². The highest BCUT2D eigenvalue weighted by Crippen LogP contribution is 2.43. The fraction of sp³-hybridized carbons (Fsp3) is 0.714. The van der Waals surface area contributed by atoms with Gasteiger partial charge in [0.15, 0.2) is 0 Å². The van der Waals surface area contributed by atoms with Gasteiger partial charge in [-0.2, -0.15) is 0 Å². The van der Waals surface area contributed by atoms with E-state index in [4.69, 9.17) is 19.9 Å². The van der Waals surface area contributed by atoms with E-state index in [1.54, 1.807) is 6.08 Å². The van der Waals surface area contributed by atoms with Gasteiger partial charge in [0, 0.05) is 19.5 Å². The van der Waals surface area contributed by atoms with Gasteiger partial charge >= 0.3 is 0 Å². The number of aliphatic hydroxyl groups excluding tert-OH is 1. The van der Waals surface area contributed by atoms with E-state index in [1.807, 2.05) is 39.0 Å². The van der Waals surface area contributed by atoms with Crippen LogP contribution in [0.25, 0.3) is 0 Å². The SMILES string of the molecule is CC/C=C\C(=O)N[C@@H]1C[C@H](C)[C@H](C/C=C(C)/C=C/[C@H]2O[C@H](CC(=O)NCCN)C[C@@]3(CO3)[C@@H]2O)O[C@@H]1C. The van der Waals surface area contributed by atoms with Crippen molar-refractivity contribution in [3.63, 3.8) is 0 Å². The van der Waals surface area contributed by atoms with Crippen LogP contribution in [-0.4, -0.2) is 78.8 Å². The fourth-order valence-electron chi connectivity index (χ4n) is 5.08. The number of ether oxygens (including phenoxy) is 3. The van der Waals surface area contributed by atoms with Crippen LogP contribution in [0.5, 0.6) is 0 Å². The molecule has 9 nitrogen and oxygen atoms in total. The third-order valence-electron chi connectivity index (χ3n) is 7.44. The van der Waals surface area contributed by atoms with Crippen LogP contribution in [0.3, 0.4) is 0 Å². The van der Waals surface area contributed by atoms with Crippen LogP contribution in [-0.2, 0) is 23.8 Å². The Morgan fingerprint density at radius 2 is 1.97 bits per heavy atom. The van der Waals surface area contributed by atoms with E-state index in [1.165, 1.54) is 0 Å². The molecule has 2 amide bonds. The number of aliphatic hydroxyl groups is 1. The van der Waals surface area contributed by atoms with Crippen molar-refractivity contribution in [1.82, 2.24) is 10.6 Å². The van der Waals surface area contributed by atoms with Gasteiger partial charge < -0.3 is 35.7 Å². The van der Waals surface area contributed by atoms with Crippen LogP contribution >= 0.6 is 0 Å². The topological polar surface area (TPSA) is 135 Å². The molecule has 1 spiro atoms. The minimum absolute atomic E-state index is 0.00235.